The molecule has 0 saturated carbocycles. The van der Waals surface area contributed by atoms with Gasteiger partial charge in [0.1, 0.15) is 0 Å². The Morgan fingerprint density at radius 1 is 0.509 bits per heavy atom. The zero-order valence-electron chi connectivity index (χ0n) is 32.2. The average molecular weight is 727 g/mol. The SMILES string of the molecule is CCOC1(C)OC(=Cc2cccc(N(c3ccc(C)cc3)c3ccc(C)cc3)c2)C(=O)C(=Cc2cccc(N(c3ccc(C)cc3)c3ccc(C)cc3)c2)O1. The lowest BCUT2D eigenvalue weighted by Gasteiger charge is -2.35. The summed E-state index contributed by atoms with van der Waals surface area (Å²) in [5, 5.41) is 0. The second-order valence-electron chi connectivity index (χ2n) is 14.0. The molecule has 1 aliphatic rings. The van der Waals surface area contributed by atoms with Crippen molar-refractivity contribution in [3.8, 4) is 0 Å². The van der Waals surface area contributed by atoms with Crippen LogP contribution < -0.4 is 9.80 Å². The number of Topliss-reactive ketones (excluding diaryl/α,β-unsaturated/α-hetero) is 1. The number of aryl methyl sites for hydroxylation is 4. The Balaban J connectivity index is 1.26. The lowest BCUT2D eigenvalue weighted by atomic mass is 10.1. The van der Waals surface area contributed by atoms with E-state index >= 15 is 0 Å². The lowest BCUT2D eigenvalue weighted by molar-refractivity contribution is -0.343. The Morgan fingerprint density at radius 3 is 1.15 bits per heavy atom. The van der Waals surface area contributed by atoms with E-state index in [1.807, 2.05) is 31.2 Å². The van der Waals surface area contributed by atoms with Gasteiger partial charge in [-0.05, 0) is 131 Å². The van der Waals surface area contributed by atoms with Crippen molar-refractivity contribution in [2.24, 2.45) is 0 Å². The molecule has 0 spiro atoms. The van der Waals surface area contributed by atoms with Gasteiger partial charge in [-0.25, -0.2) is 0 Å². The summed E-state index contributed by atoms with van der Waals surface area (Å²) >= 11 is 0. The fourth-order valence-corrected chi connectivity index (χ4v) is 6.63. The molecule has 1 fully saturated rings. The Labute approximate surface area is 324 Å². The summed E-state index contributed by atoms with van der Waals surface area (Å²) in [5.74, 6) is -1.64. The smallest absolute Gasteiger partial charge is 0.368 e. The largest absolute Gasteiger partial charge is 0.426 e. The Hall–Kier alpha value is -6.37. The first-order valence-corrected chi connectivity index (χ1v) is 18.6. The van der Waals surface area contributed by atoms with E-state index in [4.69, 9.17) is 14.2 Å². The Kier molecular flexibility index (Phi) is 10.7. The Morgan fingerprint density at radius 2 is 0.836 bits per heavy atom. The molecule has 0 atom stereocenters. The number of rotatable bonds is 10. The first-order chi connectivity index (χ1) is 26.6. The van der Waals surface area contributed by atoms with Crippen molar-refractivity contribution in [3.05, 3.63) is 190 Å². The quantitative estimate of drug-likeness (QED) is 0.131. The number of benzene rings is 6. The van der Waals surface area contributed by atoms with Crippen LogP contribution in [0.15, 0.2) is 157 Å². The van der Waals surface area contributed by atoms with E-state index in [-0.39, 0.29) is 17.3 Å². The van der Waals surface area contributed by atoms with E-state index < -0.39 is 5.97 Å². The zero-order valence-corrected chi connectivity index (χ0v) is 32.2. The van der Waals surface area contributed by atoms with E-state index in [9.17, 15) is 4.79 Å². The first kappa shape index (κ1) is 37.0. The summed E-state index contributed by atoms with van der Waals surface area (Å²) in [4.78, 5) is 18.6. The predicted octanol–water partition coefficient (Wildman–Crippen LogP) is 12.6. The van der Waals surface area contributed by atoms with E-state index in [0.29, 0.717) is 6.61 Å². The molecule has 0 bridgehead atoms. The molecule has 1 heterocycles. The van der Waals surface area contributed by atoms with Crippen molar-refractivity contribution in [2.75, 3.05) is 16.4 Å². The number of anilines is 6. The number of hydrogen-bond acceptors (Lipinski definition) is 6. The average Bonchev–Trinajstić information content (AvgIpc) is 3.17. The lowest BCUT2D eigenvalue weighted by Crippen LogP contribution is -2.42. The molecule has 1 saturated heterocycles. The molecule has 0 amide bonds. The van der Waals surface area contributed by atoms with Gasteiger partial charge in [0.05, 0.1) is 6.61 Å². The second kappa shape index (κ2) is 15.9. The maximum atomic E-state index is 14.2. The number of hydrogen-bond donors (Lipinski definition) is 0. The van der Waals surface area contributed by atoms with Crippen LogP contribution in [0.1, 0.15) is 47.2 Å². The topological polar surface area (TPSA) is 51.2 Å². The second-order valence-corrected chi connectivity index (χ2v) is 14.0. The molecular weight excluding hydrogens is 681 g/mol. The minimum Gasteiger partial charge on any atom is -0.426 e. The first-order valence-electron chi connectivity index (χ1n) is 18.6. The van der Waals surface area contributed by atoms with Gasteiger partial charge in [0.2, 0.25) is 0 Å². The molecule has 0 aromatic heterocycles. The van der Waals surface area contributed by atoms with Crippen LogP contribution in [0.25, 0.3) is 12.2 Å². The molecule has 6 aromatic rings. The number of ether oxygens (including phenoxy) is 3. The van der Waals surface area contributed by atoms with Crippen LogP contribution in [-0.2, 0) is 19.0 Å². The van der Waals surface area contributed by atoms with Crippen LogP contribution in [-0.4, -0.2) is 18.4 Å². The fraction of sp³-hybridized carbons (Fsp3) is 0.163. The van der Waals surface area contributed by atoms with Gasteiger partial charge >= 0.3 is 5.97 Å². The minimum absolute atomic E-state index is 0.125. The summed E-state index contributed by atoms with van der Waals surface area (Å²) in [6.45, 7) is 12.2. The molecule has 0 unspecified atom stereocenters. The molecule has 276 valence electrons. The molecular formula is C49H46N2O4. The summed E-state index contributed by atoms with van der Waals surface area (Å²) < 4.78 is 18.3. The maximum Gasteiger partial charge on any atom is 0.368 e. The number of ketones is 1. The summed E-state index contributed by atoms with van der Waals surface area (Å²) in [7, 11) is 0. The third-order valence-electron chi connectivity index (χ3n) is 9.47. The van der Waals surface area contributed by atoms with Crippen LogP contribution in [0.2, 0.25) is 0 Å². The Bertz CT molecular complexity index is 2090. The molecule has 0 N–H and O–H groups in total. The zero-order chi connectivity index (χ0) is 38.5. The van der Waals surface area contributed by atoms with E-state index in [2.05, 4.69) is 159 Å². The summed E-state index contributed by atoms with van der Waals surface area (Å²) in [5.41, 5.74) is 12.3. The molecule has 55 heavy (non-hydrogen) atoms. The molecule has 0 radical (unpaired) electrons. The van der Waals surface area contributed by atoms with Gasteiger partial charge in [-0.3, -0.25) is 4.79 Å². The molecule has 6 nitrogen and oxygen atoms in total. The maximum absolute atomic E-state index is 14.2. The van der Waals surface area contributed by atoms with Crippen LogP contribution >= 0.6 is 0 Å². The highest BCUT2D eigenvalue weighted by Gasteiger charge is 2.41. The van der Waals surface area contributed by atoms with Crippen LogP contribution in [0.4, 0.5) is 34.1 Å². The number of carbonyl (C=O) groups is 1. The van der Waals surface area contributed by atoms with Crippen LogP contribution in [0.3, 0.4) is 0 Å². The van der Waals surface area contributed by atoms with E-state index in [0.717, 1.165) is 45.3 Å². The third-order valence-corrected chi connectivity index (χ3v) is 9.47. The highest BCUT2D eigenvalue weighted by molar-refractivity contribution is 6.11. The number of nitrogens with zero attached hydrogens (tertiary/aromatic N) is 2. The molecule has 1 aliphatic heterocycles. The van der Waals surface area contributed by atoms with E-state index in [1.165, 1.54) is 22.3 Å². The monoisotopic (exact) mass is 726 g/mol. The van der Waals surface area contributed by atoms with Gasteiger partial charge in [0.25, 0.3) is 5.78 Å². The van der Waals surface area contributed by atoms with Crippen molar-refractivity contribution >= 4 is 52.1 Å². The van der Waals surface area contributed by atoms with Gasteiger partial charge in [0, 0.05) is 41.0 Å². The van der Waals surface area contributed by atoms with Gasteiger partial charge in [-0.15, -0.1) is 0 Å². The van der Waals surface area contributed by atoms with Crippen molar-refractivity contribution in [1.82, 2.24) is 0 Å². The van der Waals surface area contributed by atoms with E-state index in [1.54, 1.807) is 19.1 Å². The molecule has 0 aliphatic carbocycles. The fourth-order valence-electron chi connectivity index (χ4n) is 6.63. The highest BCUT2D eigenvalue weighted by Crippen LogP contribution is 2.39. The standard InChI is InChI=1S/C49H46N2O4/c1-7-53-49(6)54-46(32-38-10-8-12-44(30-38)50(40-22-14-34(2)15-23-40)41-24-16-35(3)17-25-41)48(52)47(55-49)33-39-11-9-13-45(31-39)51(42-26-18-36(4)19-27-42)43-28-20-37(5)21-29-43/h8-33H,7H2,1-6H3. The minimum atomic E-state index is -1.51. The van der Waals surface area contributed by atoms with Crippen molar-refractivity contribution in [2.45, 2.75) is 47.5 Å². The summed E-state index contributed by atoms with van der Waals surface area (Å²) in [6.07, 6.45) is 3.52. The van der Waals surface area contributed by atoms with Crippen molar-refractivity contribution < 1.29 is 19.0 Å². The molecule has 6 aromatic carbocycles. The van der Waals surface area contributed by atoms with Gasteiger partial charge < -0.3 is 24.0 Å². The molecule has 7 rings (SSSR count). The van der Waals surface area contributed by atoms with Gasteiger partial charge in [-0.1, -0.05) is 95.1 Å². The van der Waals surface area contributed by atoms with Crippen LogP contribution in [0, 0.1) is 27.7 Å². The molecule has 6 heteroatoms. The van der Waals surface area contributed by atoms with Crippen LogP contribution in [0.5, 0.6) is 0 Å². The van der Waals surface area contributed by atoms with Crippen molar-refractivity contribution in [1.29, 1.82) is 0 Å². The predicted molar refractivity (Wildman–Crippen MR) is 224 cm³/mol. The number of carbonyl (C=O) groups excluding carboxylic acids is 1. The summed E-state index contributed by atoms with van der Waals surface area (Å²) in [6, 6.07) is 49.9. The normalized spacial score (nSPS) is 16.8. The van der Waals surface area contributed by atoms with Crippen molar-refractivity contribution in [3.63, 3.8) is 0 Å². The highest BCUT2D eigenvalue weighted by atomic mass is 16.9. The van der Waals surface area contributed by atoms with Gasteiger partial charge in [-0.2, -0.15) is 0 Å². The third kappa shape index (κ3) is 8.56. The van der Waals surface area contributed by atoms with Gasteiger partial charge in [0.15, 0.2) is 11.5 Å².